The number of rotatable bonds is 5. The van der Waals surface area contributed by atoms with Crippen molar-refractivity contribution in [3.05, 3.63) is 57.0 Å². The van der Waals surface area contributed by atoms with Crippen LogP contribution in [-0.4, -0.2) is 23.9 Å². The van der Waals surface area contributed by atoms with Crippen LogP contribution in [0.3, 0.4) is 0 Å². The van der Waals surface area contributed by atoms with E-state index in [1.54, 1.807) is 17.0 Å². The number of diazo groups is 1. The molecule has 25 heavy (non-hydrogen) atoms. The van der Waals surface area contributed by atoms with E-state index < -0.39 is 0 Å². The van der Waals surface area contributed by atoms with E-state index in [1.807, 2.05) is 45.9 Å². The fraction of sp³-hybridized carbons (Fsp3) is 0.316. The molecule has 0 unspecified atom stereocenters. The second-order valence-corrected chi connectivity index (χ2v) is 7.24. The van der Waals surface area contributed by atoms with Gasteiger partial charge in [-0.2, -0.15) is 0 Å². The summed E-state index contributed by atoms with van der Waals surface area (Å²) in [6.45, 7) is 9.07. The van der Waals surface area contributed by atoms with Crippen LogP contribution in [0.25, 0.3) is 4.98 Å². The number of halogens is 1. The maximum atomic E-state index is 12.8. The highest BCUT2D eigenvalue weighted by atomic mass is 35.5. The summed E-state index contributed by atoms with van der Waals surface area (Å²) >= 11 is 7.65. The lowest BCUT2D eigenvalue weighted by atomic mass is 10.1. The van der Waals surface area contributed by atoms with E-state index >= 15 is 0 Å². The quantitative estimate of drug-likeness (QED) is 0.596. The topological polar surface area (TPSA) is 48.5 Å². The van der Waals surface area contributed by atoms with Gasteiger partial charge in [0.05, 0.1) is 5.56 Å². The van der Waals surface area contributed by atoms with Crippen LogP contribution < -0.4 is 0 Å². The lowest BCUT2D eigenvalue weighted by Gasteiger charge is -2.20. The Kier molecular flexibility index (Phi) is 6.46. The minimum Gasteiger partial charge on any atom is -0.339 e. The Morgan fingerprint density at radius 3 is 2.40 bits per heavy atom. The van der Waals surface area contributed by atoms with Gasteiger partial charge in [-0.25, -0.2) is 0 Å². The second kappa shape index (κ2) is 8.37. The van der Waals surface area contributed by atoms with Gasteiger partial charge in [0.1, 0.15) is 0 Å². The zero-order valence-corrected chi connectivity index (χ0v) is 16.4. The summed E-state index contributed by atoms with van der Waals surface area (Å²) < 4.78 is 0. The van der Waals surface area contributed by atoms with Gasteiger partial charge < -0.3 is 4.90 Å². The molecule has 0 fully saturated rings. The predicted octanol–water partition coefficient (Wildman–Crippen LogP) is 6.07. The first-order chi connectivity index (χ1) is 11.9. The fourth-order valence-corrected chi connectivity index (χ4v) is 3.81. The molecule has 2 aromatic carbocycles. The van der Waals surface area contributed by atoms with Gasteiger partial charge in [-0.05, 0) is 57.5 Å². The highest BCUT2D eigenvalue weighted by Crippen LogP contribution is 2.37. The third-order valence-electron chi connectivity index (χ3n) is 4.04. The average Bonchev–Trinajstić information content (AvgIpc) is 2.60. The number of carbonyl (C=O) groups excluding carboxylic acids is 1. The van der Waals surface area contributed by atoms with E-state index in [0.29, 0.717) is 29.4 Å². The molecule has 0 N–H and O–H groups in total. The molecule has 2 aromatic rings. The third-order valence-corrected chi connectivity index (χ3v) is 5.51. The maximum Gasteiger partial charge on any atom is 0.388 e. The van der Waals surface area contributed by atoms with Crippen LogP contribution in [0, 0.1) is 19.2 Å². The van der Waals surface area contributed by atoms with Crippen molar-refractivity contribution in [3.8, 4) is 0 Å². The van der Waals surface area contributed by atoms with E-state index in [4.69, 9.17) is 17.0 Å². The third kappa shape index (κ3) is 4.33. The van der Waals surface area contributed by atoms with Crippen molar-refractivity contribution in [1.29, 1.82) is 5.39 Å². The molecule has 4 nitrogen and oxygen atoms in total. The summed E-state index contributed by atoms with van der Waals surface area (Å²) in [5.41, 5.74) is 3.02. The van der Waals surface area contributed by atoms with Crippen LogP contribution in [0.5, 0.6) is 0 Å². The lowest BCUT2D eigenvalue weighted by molar-refractivity contribution is 0.0769. The van der Waals surface area contributed by atoms with Gasteiger partial charge in [0.15, 0.2) is 4.98 Å². The normalized spacial score (nSPS) is 10.4. The van der Waals surface area contributed by atoms with E-state index in [1.165, 1.54) is 11.8 Å². The van der Waals surface area contributed by atoms with Gasteiger partial charge in [0, 0.05) is 39.5 Å². The minimum atomic E-state index is -0.0219. The van der Waals surface area contributed by atoms with Gasteiger partial charge in [-0.15, -0.1) is 0 Å². The highest BCUT2D eigenvalue weighted by Gasteiger charge is 2.20. The Morgan fingerprint density at radius 2 is 1.80 bits per heavy atom. The standard InChI is InChI=1S/C19H21ClN3OS/c1-5-23(6-2)19(24)15-11-14(20)7-8-17(15)25-18-10-12(3)16(22-21)9-13(18)4/h7-11H,5-6H2,1-4H3/q+1. The average molecular weight is 375 g/mol. The number of carbonyl (C=O) groups is 1. The molecule has 0 bridgehead atoms. The first-order valence-electron chi connectivity index (χ1n) is 8.14. The maximum absolute atomic E-state index is 12.8. The van der Waals surface area contributed by atoms with E-state index in [9.17, 15) is 4.79 Å². The predicted molar refractivity (Wildman–Crippen MR) is 103 cm³/mol. The first-order valence-corrected chi connectivity index (χ1v) is 9.33. The SMILES string of the molecule is CCN(CC)C(=O)c1cc(Cl)ccc1Sc1cc(C)c([N+]#N)cc1C. The molecule has 0 saturated carbocycles. The van der Waals surface area contributed by atoms with Crippen LogP contribution in [0.1, 0.15) is 35.3 Å². The van der Waals surface area contributed by atoms with Crippen molar-refractivity contribution in [2.45, 2.75) is 37.5 Å². The molecule has 1 amide bonds. The van der Waals surface area contributed by atoms with Gasteiger partial charge in [0.25, 0.3) is 5.91 Å². The molecule has 0 heterocycles. The largest absolute Gasteiger partial charge is 0.388 e. The van der Waals surface area contributed by atoms with Gasteiger partial charge in [-0.3, -0.25) is 4.79 Å². The summed E-state index contributed by atoms with van der Waals surface area (Å²) in [5, 5.41) is 9.58. The number of aryl methyl sites for hydroxylation is 2. The van der Waals surface area contributed by atoms with Gasteiger partial charge in [-0.1, -0.05) is 23.4 Å². The molecule has 0 aliphatic rings. The number of hydrogen-bond acceptors (Lipinski definition) is 3. The molecule has 130 valence electrons. The monoisotopic (exact) mass is 374 g/mol. The summed E-state index contributed by atoms with van der Waals surface area (Å²) in [6.07, 6.45) is 0. The number of hydrogen-bond donors (Lipinski definition) is 0. The Morgan fingerprint density at radius 1 is 1.12 bits per heavy atom. The van der Waals surface area contributed by atoms with Crippen molar-refractivity contribution >= 4 is 35.0 Å². The van der Waals surface area contributed by atoms with Crippen molar-refractivity contribution in [3.63, 3.8) is 0 Å². The molecule has 0 aliphatic carbocycles. The lowest BCUT2D eigenvalue weighted by Crippen LogP contribution is -2.30. The van der Waals surface area contributed by atoms with Crippen molar-refractivity contribution < 1.29 is 4.79 Å². The Hall–Kier alpha value is -2.03. The van der Waals surface area contributed by atoms with Gasteiger partial charge in [0.2, 0.25) is 5.39 Å². The van der Waals surface area contributed by atoms with E-state index in [2.05, 4.69) is 4.98 Å². The Bertz CT molecular complexity index is 841. The minimum absolute atomic E-state index is 0.0219. The highest BCUT2D eigenvalue weighted by molar-refractivity contribution is 7.99. The molecule has 0 saturated heterocycles. The van der Waals surface area contributed by atoms with Crippen molar-refractivity contribution in [2.24, 2.45) is 0 Å². The number of nitrogens with zero attached hydrogens (tertiary/aromatic N) is 3. The van der Waals surface area contributed by atoms with Crippen LogP contribution in [0.15, 0.2) is 40.1 Å². The van der Waals surface area contributed by atoms with Crippen molar-refractivity contribution in [2.75, 3.05) is 13.1 Å². The van der Waals surface area contributed by atoms with E-state index in [0.717, 1.165) is 20.9 Å². The molecule has 0 atom stereocenters. The summed E-state index contributed by atoms with van der Waals surface area (Å²) in [4.78, 5) is 19.8. The second-order valence-electron chi connectivity index (χ2n) is 5.72. The molecule has 2 rings (SSSR count). The number of benzene rings is 2. The molecule has 0 spiro atoms. The Balaban J connectivity index is 2.46. The molecule has 0 aliphatic heterocycles. The molecular weight excluding hydrogens is 354 g/mol. The van der Waals surface area contributed by atoms with Crippen LogP contribution >= 0.6 is 23.4 Å². The smallest absolute Gasteiger partial charge is 0.339 e. The molecule has 0 radical (unpaired) electrons. The summed E-state index contributed by atoms with van der Waals surface area (Å²) in [6, 6.07) is 9.20. The van der Waals surface area contributed by atoms with Crippen LogP contribution in [0.2, 0.25) is 5.02 Å². The molecule has 6 heteroatoms. The van der Waals surface area contributed by atoms with Crippen LogP contribution in [-0.2, 0) is 0 Å². The summed E-state index contributed by atoms with van der Waals surface area (Å²) in [5.74, 6) is -0.0219. The molecular formula is C19H21ClN3OS+. The van der Waals surface area contributed by atoms with Gasteiger partial charge >= 0.3 is 5.69 Å². The molecule has 0 aromatic heterocycles. The number of amides is 1. The first kappa shape index (κ1) is 19.3. The van der Waals surface area contributed by atoms with Crippen LogP contribution in [0.4, 0.5) is 5.69 Å². The van der Waals surface area contributed by atoms with E-state index in [-0.39, 0.29) is 5.91 Å². The summed E-state index contributed by atoms with van der Waals surface area (Å²) in [7, 11) is 0. The Labute approximate surface area is 157 Å². The zero-order chi connectivity index (χ0) is 18.6. The fourth-order valence-electron chi connectivity index (χ4n) is 2.55. The zero-order valence-electron chi connectivity index (χ0n) is 14.8. The van der Waals surface area contributed by atoms with Crippen molar-refractivity contribution in [1.82, 2.24) is 4.90 Å².